The van der Waals surface area contributed by atoms with Crippen LogP contribution in [-0.4, -0.2) is 18.0 Å². The third-order valence-electron chi connectivity index (χ3n) is 1.27. The van der Waals surface area contributed by atoms with E-state index in [1.807, 2.05) is 0 Å². The lowest BCUT2D eigenvalue weighted by Gasteiger charge is -2.01. The van der Waals surface area contributed by atoms with Crippen LogP contribution in [0.4, 0.5) is 0 Å². The first-order valence-corrected chi connectivity index (χ1v) is 6.36. The SMILES string of the molecule is ClCCCl.O=Cc1cccc(Br)c1OBr. The van der Waals surface area contributed by atoms with Gasteiger partial charge in [0.1, 0.15) is 0 Å². The fraction of sp³-hybridized carbons (Fsp3) is 0.222. The molecule has 1 aromatic rings. The van der Waals surface area contributed by atoms with Crippen LogP contribution in [-0.2, 0) is 0 Å². The first-order valence-electron chi connectivity index (χ1n) is 3.85. The second-order valence-corrected chi connectivity index (χ2v) is 4.17. The van der Waals surface area contributed by atoms with Crippen molar-refractivity contribution < 1.29 is 8.62 Å². The number of carbonyl (C=O) groups is 1. The molecular weight excluding hydrogens is 371 g/mol. The molecule has 0 aliphatic carbocycles. The molecule has 6 heteroatoms. The molecule has 0 bridgehead atoms. The summed E-state index contributed by atoms with van der Waals surface area (Å²) >= 11 is 16.2. The maximum absolute atomic E-state index is 10.4. The van der Waals surface area contributed by atoms with Gasteiger partial charge in [-0.05, 0) is 28.1 Å². The Morgan fingerprint density at radius 3 is 2.27 bits per heavy atom. The van der Waals surface area contributed by atoms with Crippen LogP contribution < -0.4 is 3.83 Å². The van der Waals surface area contributed by atoms with E-state index in [-0.39, 0.29) is 0 Å². The van der Waals surface area contributed by atoms with Crippen molar-refractivity contribution in [3.8, 4) is 5.75 Å². The number of aldehydes is 1. The van der Waals surface area contributed by atoms with Gasteiger partial charge in [-0.3, -0.25) is 4.79 Å². The average Bonchev–Trinajstić information content (AvgIpc) is 2.29. The molecule has 0 heterocycles. The number of halogens is 4. The zero-order valence-corrected chi connectivity index (χ0v) is 12.2. The third-order valence-corrected chi connectivity index (χ3v) is 2.79. The van der Waals surface area contributed by atoms with E-state index in [1.165, 1.54) is 0 Å². The summed E-state index contributed by atoms with van der Waals surface area (Å²) in [6, 6.07) is 5.24. The van der Waals surface area contributed by atoms with Crippen LogP contribution >= 0.6 is 55.4 Å². The summed E-state index contributed by atoms with van der Waals surface area (Å²) in [7, 11) is 0. The molecule has 0 aliphatic rings. The fourth-order valence-corrected chi connectivity index (χ4v) is 1.74. The van der Waals surface area contributed by atoms with Gasteiger partial charge in [0.15, 0.2) is 28.3 Å². The van der Waals surface area contributed by atoms with Crippen LogP contribution in [0.25, 0.3) is 0 Å². The number of alkyl halides is 2. The molecule has 0 aromatic heterocycles. The molecule has 0 N–H and O–H groups in total. The number of rotatable bonds is 3. The fourth-order valence-electron chi connectivity index (χ4n) is 0.700. The highest BCUT2D eigenvalue weighted by molar-refractivity contribution is 9.10. The summed E-state index contributed by atoms with van der Waals surface area (Å²) in [5.74, 6) is 1.62. The maximum Gasteiger partial charge on any atom is 0.179 e. The molecule has 0 saturated carbocycles. The predicted octanol–water partition coefficient (Wildman–Crippen LogP) is 4.41. The Morgan fingerprint density at radius 1 is 1.33 bits per heavy atom. The molecule has 1 rings (SSSR count). The number of carbonyl (C=O) groups excluding carboxylic acids is 1. The van der Waals surface area contributed by atoms with Crippen LogP contribution in [0, 0.1) is 0 Å². The summed E-state index contributed by atoms with van der Waals surface area (Å²) in [6.45, 7) is 0. The van der Waals surface area contributed by atoms with Gasteiger partial charge in [0, 0.05) is 11.8 Å². The van der Waals surface area contributed by atoms with E-state index in [1.54, 1.807) is 18.2 Å². The number of benzene rings is 1. The molecule has 0 radical (unpaired) electrons. The quantitative estimate of drug-likeness (QED) is 0.575. The second kappa shape index (κ2) is 9.46. The first kappa shape index (κ1) is 15.2. The van der Waals surface area contributed by atoms with Crippen LogP contribution in [0.2, 0.25) is 0 Å². The largest absolute Gasteiger partial charge is 0.416 e. The zero-order chi connectivity index (χ0) is 11.7. The molecule has 0 saturated heterocycles. The topological polar surface area (TPSA) is 26.3 Å². The van der Waals surface area contributed by atoms with Gasteiger partial charge in [0.2, 0.25) is 0 Å². The van der Waals surface area contributed by atoms with Gasteiger partial charge in [-0.15, -0.1) is 23.2 Å². The van der Waals surface area contributed by atoms with Crippen molar-refractivity contribution in [3.63, 3.8) is 0 Å². The Hall–Kier alpha value is 0.230. The second-order valence-electron chi connectivity index (χ2n) is 2.23. The summed E-state index contributed by atoms with van der Waals surface area (Å²) < 4.78 is 5.55. The molecule has 0 amide bonds. The molecule has 84 valence electrons. The molecule has 0 aliphatic heterocycles. The number of hydrogen-bond donors (Lipinski definition) is 0. The van der Waals surface area contributed by atoms with E-state index in [2.05, 4.69) is 32.2 Å². The average molecular weight is 379 g/mol. The molecule has 1 aromatic carbocycles. The van der Waals surface area contributed by atoms with Gasteiger partial charge in [0.05, 0.1) is 10.0 Å². The highest BCUT2D eigenvalue weighted by Gasteiger charge is 2.05. The molecule has 2 nitrogen and oxygen atoms in total. The van der Waals surface area contributed by atoms with E-state index in [4.69, 9.17) is 27.0 Å². The van der Waals surface area contributed by atoms with Crippen molar-refractivity contribution >= 4 is 61.7 Å². The number of hydrogen-bond acceptors (Lipinski definition) is 2. The molecule has 0 spiro atoms. The summed E-state index contributed by atoms with van der Waals surface area (Å²) in [5, 5.41) is 0. The van der Waals surface area contributed by atoms with Crippen molar-refractivity contribution in [2.75, 3.05) is 11.8 Å². The summed E-state index contributed by atoms with van der Waals surface area (Å²) in [4.78, 5) is 10.4. The van der Waals surface area contributed by atoms with E-state index >= 15 is 0 Å². The van der Waals surface area contributed by atoms with Gasteiger partial charge >= 0.3 is 0 Å². The van der Waals surface area contributed by atoms with E-state index in [0.717, 1.165) is 10.8 Å². The van der Waals surface area contributed by atoms with Crippen LogP contribution in [0.5, 0.6) is 5.75 Å². The monoisotopic (exact) mass is 376 g/mol. The van der Waals surface area contributed by atoms with Crippen LogP contribution in [0.3, 0.4) is 0 Å². The standard InChI is InChI=1S/C7H4Br2O2.C2H4Cl2/c8-6-3-1-2-5(4-10)7(6)11-9;3-1-2-4/h1-4H;1-2H2. The molecule has 0 unspecified atom stereocenters. The van der Waals surface area contributed by atoms with Crippen molar-refractivity contribution in [1.29, 1.82) is 0 Å². The van der Waals surface area contributed by atoms with Gasteiger partial charge in [-0.2, -0.15) is 0 Å². The van der Waals surface area contributed by atoms with Gasteiger partial charge < -0.3 is 3.83 Å². The Balaban J connectivity index is 0.000000423. The van der Waals surface area contributed by atoms with E-state index < -0.39 is 0 Å². The first-order chi connectivity index (χ1) is 7.21. The van der Waals surface area contributed by atoms with E-state index in [0.29, 0.717) is 23.1 Å². The van der Waals surface area contributed by atoms with Crippen molar-refractivity contribution in [2.45, 2.75) is 0 Å². The van der Waals surface area contributed by atoms with Gasteiger partial charge in [-0.25, -0.2) is 0 Å². The Morgan fingerprint density at radius 2 is 1.93 bits per heavy atom. The number of para-hydroxylation sites is 1. The smallest absolute Gasteiger partial charge is 0.179 e. The minimum absolute atomic E-state index is 0.502. The highest BCUT2D eigenvalue weighted by atomic mass is 79.9. The minimum Gasteiger partial charge on any atom is -0.416 e. The zero-order valence-electron chi connectivity index (χ0n) is 7.55. The van der Waals surface area contributed by atoms with Crippen LogP contribution in [0.15, 0.2) is 22.7 Å². The normalized spacial score (nSPS) is 8.80. The third kappa shape index (κ3) is 5.76. The van der Waals surface area contributed by atoms with Crippen molar-refractivity contribution in [3.05, 3.63) is 28.2 Å². The Bertz CT molecular complexity index is 306. The molecule has 0 atom stereocenters. The lowest BCUT2D eigenvalue weighted by Crippen LogP contribution is -1.85. The van der Waals surface area contributed by atoms with Crippen molar-refractivity contribution in [1.82, 2.24) is 0 Å². The van der Waals surface area contributed by atoms with Gasteiger partial charge in [0.25, 0.3) is 0 Å². The molecular formula is C9H8Br2Cl2O2. The van der Waals surface area contributed by atoms with Gasteiger partial charge in [-0.1, -0.05) is 6.07 Å². The lowest BCUT2D eigenvalue weighted by atomic mass is 10.2. The molecule has 15 heavy (non-hydrogen) atoms. The highest BCUT2D eigenvalue weighted by Crippen LogP contribution is 2.28. The Labute approximate surface area is 115 Å². The summed E-state index contributed by atoms with van der Waals surface area (Å²) in [6.07, 6.45) is 0.737. The minimum atomic E-state index is 0.502. The van der Waals surface area contributed by atoms with E-state index in [9.17, 15) is 4.79 Å². The predicted molar refractivity (Wildman–Crippen MR) is 70.5 cm³/mol. The lowest BCUT2D eigenvalue weighted by molar-refractivity contribution is 0.112. The Kier molecular flexibility index (Phi) is 9.60. The molecule has 0 fully saturated rings. The summed E-state index contributed by atoms with van der Waals surface area (Å²) in [5.41, 5.74) is 0.510. The maximum atomic E-state index is 10.4. The van der Waals surface area contributed by atoms with Crippen LogP contribution in [0.1, 0.15) is 10.4 Å². The van der Waals surface area contributed by atoms with Crippen molar-refractivity contribution in [2.24, 2.45) is 0 Å².